The number of hydrogen-bond acceptors (Lipinski definition) is 2. The van der Waals surface area contributed by atoms with E-state index in [1.807, 2.05) is 61.5 Å². The minimum Gasteiger partial charge on any atom is -0.0843 e. The molecule has 0 unspecified atom stereocenters. The van der Waals surface area contributed by atoms with E-state index in [0.717, 1.165) is 11.1 Å². The van der Waals surface area contributed by atoms with Crippen molar-refractivity contribution in [3.8, 4) is 0 Å². The quantitative estimate of drug-likeness (QED) is 0.513. The zero-order chi connectivity index (χ0) is 14.2. The molecule has 0 saturated carbocycles. The van der Waals surface area contributed by atoms with Crippen LogP contribution in [0.3, 0.4) is 0 Å². The summed E-state index contributed by atoms with van der Waals surface area (Å²) in [5, 5.41) is 0. The molecule has 0 spiro atoms. The molecule has 0 heterocycles. The van der Waals surface area contributed by atoms with Gasteiger partial charge in [-0.25, -0.2) is 0 Å². The van der Waals surface area contributed by atoms with Crippen LogP contribution in [0.15, 0.2) is 60.7 Å². The first-order valence-electron chi connectivity index (χ1n) is 6.55. The highest BCUT2D eigenvalue weighted by Crippen LogP contribution is 2.04. The third kappa shape index (κ3) is 4.71. The summed E-state index contributed by atoms with van der Waals surface area (Å²) in [7, 11) is 0. The van der Waals surface area contributed by atoms with Gasteiger partial charge in [-0.05, 0) is 18.6 Å². The fourth-order valence-electron chi connectivity index (χ4n) is 1.72. The van der Waals surface area contributed by atoms with E-state index in [0.29, 0.717) is 6.54 Å². The second-order valence-corrected chi connectivity index (χ2v) is 4.54. The maximum absolute atomic E-state index is 11.5. The predicted molar refractivity (Wildman–Crippen MR) is 78.4 cm³/mol. The van der Waals surface area contributed by atoms with Crippen molar-refractivity contribution in [2.45, 2.75) is 13.5 Å². The Bertz CT molecular complexity index is 574. The van der Waals surface area contributed by atoms with Crippen molar-refractivity contribution >= 4 is 12.0 Å². The minimum atomic E-state index is -0.360. The first kappa shape index (κ1) is 14.0. The number of aryl methyl sites for hydroxylation is 1. The standard InChI is InChI=1S/C17H17NO2/c1-14-7-9-15(10-8-14)11-12-17(19)20-18-13-16-5-3-2-4-6-16/h2-12,18H,13H2,1H3/q+1/p+1/b12-11+. The van der Waals surface area contributed by atoms with Crippen molar-refractivity contribution in [3.63, 3.8) is 0 Å². The van der Waals surface area contributed by atoms with Crippen molar-refractivity contribution in [2.24, 2.45) is 0 Å². The number of carbonyl (C=O) groups is 1. The number of carbonyl (C=O) groups excluding carboxylic acids is 1. The van der Waals surface area contributed by atoms with Gasteiger partial charge in [0.25, 0.3) is 0 Å². The second-order valence-electron chi connectivity index (χ2n) is 4.54. The number of nitrogens with two attached hydrogens (primary N) is 1. The largest absolute Gasteiger partial charge is 0.662 e. The number of benzene rings is 2. The fourth-order valence-corrected chi connectivity index (χ4v) is 1.72. The maximum atomic E-state index is 11.5. The Hall–Kier alpha value is -2.39. The van der Waals surface area contributed by atoms with Crippen LogP contribution >= 0.6 is 0 Å². The van der Waals surface area contributed by atoms with E-state index < -0.39 is 0 Å². The zero-order valence-corrected chi connectivity index (χ0v) is 11.5. The normalized spacial score (nSPS) is 10.7. The van der Waals surface area contributed by atoms with Gasteiger partial charge in [0.2, 0.25) is 0 Å². The Morgan fingerprint density at radius 3 is 2.50 bits per heavy atom. The van der Waals surface area contributed by atoms with Crippen LogP contribution in [0, 0.1) is 6.92 Å². The Labute approximate surface area is 118 Å². The van der Waals surface area contributed by atoms with E-state index in [2.05, 4.69) is 0 Å². The Kier molecular flexibility index (Phi) is 5.09. The van der Waals surface area contributed by atoms with Crippen LogP contribution in [0.1, 0.15) is 16.7 Å². The van der Waals surface area contributed by atoms with E-state index in [1.54, 1.807) is 6.08 Å². The Balaban J connectivity index is 1.76. The number of quaternary nitrogens is 1. The molecule has 0 atom stereocenters. The summed E-state index contributed by atoms with van der Waals surface area (Å²) in [4.78, 5) is 16.6. The predicted octanol–water partition coefficient (Wildman–Crippen LogP) is 2.23. The number of hydrogen-bond donors (Lipinski definition) is 1. The molecule has 101 valence electrons. The van der Waals surface area contributed by atoms with Gasteiger partial charge in [-0.3, -0.25) is 0 Å². The van der Waals surface area contributed by atoms with E-state index in [1.165, 1.54) is 17.1 Å². The lowest BCUT2D eigenvalue weighted by atomic mass is 10.1. The highest BCUT2D eigenvalue weighted by molar-refractivity contribution is 5.86. The fraction of sp³-hybridized carbons (Fsp3) is 0.118. The smallest absolute Gasteiger partial charge is 0.0843 e. The van der Waals surface area contributed by atoms with Crippen molar-refractivity contribution in [2.75, 3.05) is 0 Å². The number of rotatable bonds is 5. The van der Waals surface area contributed by atoms with Crippen LogP contribution in [0.25, 0.3) is 6.08 Å². The number of hydroxylamine groups is 1. The van der Waals surface area contributed by atoms with Gasteiger partial charge in [0, 0.05) is 5.56 Å². The van der Waals surface area contributed by atoms with Crippen LogP contribution in [0.5, 0.6) is 0 Å². The van der Waals surface area contributed by atoms with Crippen LogP contribution in [-0.2, 0) is 16.2 Å². The first-order valence-corrected chi connectivity index (χ1v) is 6.55. The molecular formula is C17H18NO2+2. The van der Waals surface area contributed by atoms with Gasteiger partial charge in [0.05, 0.1) is 4.79 Å². The molecule has 0 fully saturated rings. The molecule has 0 amide bonds. The molecule has 0 aliphatic heterocycles. The molecule has 0 aliphatic carbocycles. The molecule has 3 nitrogen and oxygen atoms in total. The van der Waals surface area contributed by atoms with Crippen molar-refractivity contribution in [3.05, 3.63) is 77.4 Å². The molecule has 0 aromatic heterocycles. The first-order chi connectivity index (χ1) is 9.74. The van der Waals surface area contributed by atoms with Gasteiger partial charge in [-0.1, -0.05) is 70.5 Å². The molecule has 0 saturated heterocycles. The molecule has 20 heavy (non-hydrogen) atoms. The Morgan fingerprint density at radius 1 is 1.10 bits per heavy atom. The van der Waals surface area contributed by atoms with Gasteiger partial charge >= 0.3 is 5.97 Å². The molecule has 2 rings (SSSR count). The second kappa shape index (κ2) is 7.26. The summed E-state index contributed by atoms with van der Waals surface area (Å²) in [6, 6.07) is 17.8. The van der Waals surface area contributed by atoms with E-state index in [4.69, 9.17) is 4.84 Å². The maximum Gasteiger partial charge on any atom is 0.662 e. The lowest BCUT2D eigenvalue weighted by Gasteiger charge is -1.93. The summed E-state index contributed by atoms with van der Waals surface area (Å²) in [5.74, 6) is -0.360. The highest BCUT2D eigenvalue weighted by atomic mass is 16.7. The molecular weight excluding hydrogens is 250 g/mol. The lowest BCUT2D eigenvalue weighted by molar-refractivity contribution is -0.884. The van der Waals surface area contributed by atoms with Crippen LogP contribution < -0.4 is 5.48 Å². The van der Waals surface area contributed by atoms with Gasteiger partial charge in [0.1, 0.15) is 6.08 Å². The average Bonchev–Trinajstić information content (AvgIpc) is 2.48. The highest BCUT2D eigenvalue weighted by Gasteiger charge is 2.15. The minimum absolute atomic E-state index is 0.360. The van der Waals surface area contributed by atoms with Crippen LogP contribution in [0.2, 0.25) is 0 Å². The zero-order valence-electron chi connectivity index (χ0n) is 11.5. The summed E-state index contributed by atoms with van der Waals surface area (Å²) in [6.45, 7) is 2.64. The van der Waals surface area contributed by atoms with Gasteiger partial charge in [0.15, 0.2) is 6.54 Å². The third-order valence-corrected chi connectivity index (χ3v) is 2.85. The lowest BCUT2D eigenvalue weighted by Crippen LogP contribution is -2.82. The topological polar surface area (TPSA) is 45.7 Å². The van der Waals surface area contributed by atoms with E-state index >= 15 is 0 Å². The van der Waals surface area contributed by atoms with Gasteiger partial charge in [-0.2, -0.15) is 0 Å². The van der Waals surface area contributed by atoms with Crippen LogP contribution in [-0.4, -0.2) is 5.97 Å². The average molecular weight is 268 g/mol. The molecule has 2 aromatic carbocycles. The monoisotopic (exact) mass is 268 g/mol. The van der Waals surface area contributed by atoms with Crippen molar-refractivity contribution in [1.29, 1.82) is 0 Å². The van der Waals surface area contributed by atoms with Crippen molar-refractivity contribution in [1.82, 2.24) is 0 Å². The molecule has 0 aliphatic rings. The molecule has 0 bridgehead atoms. The summed E-state index contributed by atoms with van der Waals surface area (Å²) in [5.41, 5.74) is 4.82. The molecule has 3 heteroatoms. The summed E-state index contributed by atoms with van der Waals surface area (Å²) < 4.78 is 0. The SMILES string of the molecule is Cc1ccc(/C=C/C(=[O+])O[NH2+]Cc2ccccc2)cc1. The molecule has 1 radical (unpaired) electrons. The van der Waals surface area contributed by atoms with Gasteiger partial charge in [-0.15, -0.1) is 0 Å². The Morgan fingerprint density at radius 2 is 1.80 bits per heavy atom. The van der Waals surface area contributed by atoms with E-state index in [9.17, 15) is 4.79 Å². The van der Waals surface area contributed by atoms with Gasteiger partial charge < -0.3 is 0 Å². The third-order valence-electron chi connectivity index (χ3n) is 2.85. The summed E-state index contributed by atoms with van der Waals surface area (Å²) >= 11 is 0. The molecule has 2 N–H and O–H groups in total. The summed E-state index contributed by atoms with van der Waals surface area (Å²) in [6.07, 6.45) is 3.18. The van der Waals surface area contributed by atoms with Crippen LogP contribution in [0.4, 0.5) is 0 Å². The molecule has 2 aromatic rings. The van der Waals surface area contributed by atoms with E-state index in [-0.39, 0.29) is 5.97 Å². The van der Waals surface area contributed by atoms with Crippen molar-refractivity contribution < 1.29 is 15.1 Å².